The lowest BCUT2D eigenvalue weighted by Crippen LogP contribution is -2.37. The maximum absolute atomic E-state index is 11.5. The third kappa shape index (κ3) is 15.4. The number of ether oxygens (including phenoxy) is 2. The summed E-state index contributed by atoms with van der Waals surface area (Å²) in [6.07, 6.45) is -0.961. The van der Waals surface area contributed by atoms with Gasteiger partial charge < -0.3 is 36.3 Å². The van der Waals surface area contributed by atoms with Crippen molar-refractivity contribution in [3.8, 4) is 0 Å². The van der Waals surface area contributed by atoms with Crippen LogP contribution in [-0.2, 0) is 19.1 Å². The lowest BCUT2D eigenvalue weighted by molar-refractivity contribution is -0.161. The van der Waals surface area contributed by atoms with Gasteiger partial charge in [-0.1, -0.05) is 13.8 Å². The topological polar surface area (TPSA) is 165 Å². The number of esters is 2. The van der Waals surface area contributed by atoms with Gasteiger partial charge in [0.1, 0.15) is 12.6 Å². The zero-order valence-corrected chi connectivity index (χ0v) is 14.0. The van der Waals surface area contributed by atoms with E-state index in [9.17, 15) is 9.59 Å². The molecule has 0 amide bonds. The third-order valence-corrected chi connectivity index (χ3v) is 2.37. The molecular formula is C14H30N2O7. The summed E-state index contributed by atoms with van der Waals surface area (Å²) >= 11 is 0. The van der Waals surface area contributed by atoms with Crippen LogP contribution in [0.2, 0.25) is 0 Å². The van der Waals surface area contributed by atoms with E-state index in [-0.39, 0.29) is 25.7 Å². The smallest absolute Gasteiger partial charge is 0.323 e. The van der Waals surface area contributed by atoms with Gasteiger partial charge >= 0.3 is 11.9 Å². The second-order valence-corrected chi connectivity index (χ2v) is 5.40. The van der Waals surface area contributed by atoms with E-state index in [0.717, 1.165) is 0 Å². The van der Waals surface area contributed by atoms with Crippen LogP contribution in [0, 0.1) is 5.92 Å². The van der Waals surface area contributed by atoms with Gasteiger partial charge in [-0.05, 0) is 19.3 Å². The number of aliphatic hydroxyl groups is 3. The van der Waals surface area contributed by atoms with Gasteiger partial charge in [-0.2, -0.15) is 0 Å². The average molecular weight is 338 g/mol. The summed E-state index contributed by atoms with van der Waals surface area (Å²) in [7, 11) is 0. The Morgan fingerprint density at radius 1 is 1.13 bits per heavy atom. The highest BCUT2D eigenvalue weighted by Crippen LogP contribution is 2.04. The summed E-state index contributed by atoms with van der Waals surface area (Å²) < 4.78 is 9.59. The van der Waals surface area contributed by atoms with Crippen LogP contribution in [0.5, 0.6) is 0 Å². The van der Waals surface area contributed by atoms with Crippen molar-refractivity contribution in [2.24, 2.45) is 17.4 Å². The van der Waals surface area contributed by atoms with E-state index in [1.54, 1.807) is 0 Å². The summed E-state index contributed by atoms with van der Waals surface area (Å²) in [5.74, 6) is -0.973. The first-order valence-corrected chi connectivity index (χ1v) is 7.39. The Labute approximate surface area is 136 Å². The minimum atomic E-state index is -0.906. The van der Waals surface area contributed by atoms with Crippen LogP contribution in [0.25, 0.3) is 0 Å². The number of hydrogen-bond donors (Lipinski definition) is 5. The fraction of sp³-hybridized carbons (Fsp3) is 0.857. The minimum absolute atomic E-state index is 0.139. The van der Waals surface area contributed by atoms with Crippen LogP contribution >= 0.6 is 0 Å². The van der Waals surface area contributed by atoms with Gasteiger partial charge in [0.25, 0.3) is 0 Å². The fourth-order valence-corrected chi connectivity index (χ4v) is 1.24. The number of hydrogen-bond acceptors (Lipinski definition) is 9. The number of nitrogens with two attached hydrogens (primary N) is 2. The lowest BCUT2D eigenvalue weighted by atomic mass is 10.1. The predicted octanol–water partition coefficient (Wildman–Crippen LogP) is -1.87. The molecule has 0 aromatic carbocycles. The van der Waals surface area contributed by atoms with Crippen molar-refractivity contribution in [2.45, 2.75) is 45.4 Å². The van der Waals surface area contributed by atoms with Gasteiger partial charge in [-0.15, -0.1) is 0 Å². The fourth-order valence-electron chi connectivity index (χ4n) is 1.24. The molecule has 9 nitrogen and oxygen atoms in total. The van der Waals surface area contributed by atoms with Crippen molar-refractivity contribution in [2.75, 3.05) is 26.4 Å². The van der Waals surface area contributed by atoms with E-state index in [0.29, 0.717) is 6.42 Å². The van der Waals surface area contributed by atoms with Gasteiger partial charge in [0.15, 0.2) is 6.10 Å². The molecule has 0 rings (SSSR count). The lowest BCUT2D eigenvalue weighted by Gasteiger charge is -2.17. The Balaban J connectivity index is 0. The molecule has 3 atom stereocenters. The normalized spacial score (nSPS) is 14.3. The molecule has 0 aromatic rings. The summed E-state index contributed by atoms with van der Waals surface area (Å²) in [5.41, 5.74) is 10.7. The quantitative estimate of drug-likeness (QED) is 0.303. The van der Waals surface area contributed by atoms with Crippen molar-refractivity contribution < 1.29 is 34.4 Å². The molecule has 9 heteroatoms. The van der Waals surface area contributed by atoms with Gasteiger partial charge in [-0.3, -0.25) is 9.59 Å². The third-order valence-electron chi connectivity index (χ3n) is 2.37. The number of carbonyl (C=O) groups is 2. The van der Waals surface area contributed by atoms with Crippen molar-refractivity contribution in [1.29, 1.82) is 0 Å². The molecule has 0 spiro atoms. The van der Waals surface area contributed by atoms with Crippen molar-refractivity contribution in [3.63, 3.8) is 0 Å². The Bertz CT molecular complexity index is 324. The zero-order chi connectivity index (χ0) is 18.4. The highest BCUT2D eigenvalue weighted by atomic mass is 16.6. The number of carbonyl (C=O) groups excluding carboxylic acids is 2. The second-order valence-electron chi connectivity index (χ2n) is 5.40. The molecule has 0 aliphatic rings. The van der Waals surface area contributed by atoms with Crippen LogP contribution in [0.15, 0.2) is 0 Å². The van der Waals surface area contributed by atoms with E-state index >= 15 is 0 Å². The van der Waals surface area contributed by atoms with Gasteiger partial charge in [0.2, 0.25) is 0 Å². The first kappa shape index (κ1) is 24.0. The van der Waals surface area contributed by atoms with E-state index < -0.39 is 36.8 Å². The van der Waals surface area contributed by atoms with Crippen molar-refractivity contribution in [3.05, 3.63) is 0 Å². The standard InChI is InChI=1S/C11H22N2O5.C3H8O2/c1-7(2)3-9(13)11(16)17-6-8(5-14)18-10(15)4-12;1-3(5)2-4/h7-9,14H,3-6,12-13H2,1-2H3;3-5H,2H2,1H3/t8?,9-;/m0./s1. The van der Waals surface area contributed by atoms with E-state index in [1.807, 2.05) is 13.8 Å². The molecular weight excluding hydrogens is 308 g/mol. The molecule has 7 N–H and O–H groups in total. The largest absolute Gasteiger partial charge is 0.460 e. The Morgan fingerprint density at radius 3 is 2.00 bits per heavy atom. The summed E-state index contributed by atoms with van der Waals surface area (Å²) in [6.45, 7) is 4.29. The highest BCUT2D eigenvalue weighted by Gasteiger charge is 2.20. The molecule has 0 fully saturated rings. The van der Waals surface area contributed by atoms with Crippen molar-refractivity contribution >= 4 is 11.9 Å². The Kier molecular flexibility index (Phi) is 15.0. The van der Waals surface area contributed by atoms with Crippen molar-refractivity contribution in [1.82, 2.24) is 0 Å². The summed E-state index contributed by atoms with van der Waals surface area (Å²) in [5, 5.41) is 24.9. The maximum Gasteiger partial charge on any atom is 0.323 e. The molecule has 0 saturated heterocycles. The predicted molar refractivity (Wildman–Crippen MR) is 83.2 cm³/mol. The van der Waals surface area contributed by atoms with E-state index in [2.05, 4.69) is 0 Å². The molecule has 0 radical (unpaired) electrons. The minimum Gasteiger partial charge on any atom is -0.460 e. The molecule has 0 bridgehead atoms. The molecule has 0 saturated carbocycles. The summed E-state index contributed by atoms with van der Waals surface area (Å²) in [4.78, 5) is 22.3. The Hall–Kier alpha value is -1.26. The molecule has 0 heterocycles. The highest BCUT2D eigenvalue weighted by molar-refractivity contribution is 5.75. The molecule has 2 unspecified atom stereocenters. The average Bonchev–Trinajstić information content (AvgIpc) is 2.50. The second kappa shape index (κ2) is 14.3. The van der Waals surface area contributed by atoms with Crippen LogP contribution in [0.3, 0.4) is 0 Å². The van der Waals surface area contributed by atoms with E-state index in [1.165, 1.54) is 6.92 Å². The molecule has 0 aliphatic carbocycles. The van der Waals surface area contributed by atoms with E-state index in [4.69, 9.17) is 36.3 Å². The SMILES string of the molecule is CC(C)C[C@H](N)C(=O)OCC(CO)OC(=O)CN.CC(O)CO. The molecule has 0 aliphatic heterocycles. The zero-order valence-electron chi connectivity index (χ0n) is 14.0. The first-order chi connectivity index (χ1) is 10.7. The monoisotopic (exact) mass is 338 g/mol. The maximum atomic E-state index is 11.5. The van der Waals surface area contributed by atoms with Crippen LogP contribution in [0.1, 0.15) is 27.2 Å². The van der Waals surface area contributed by atoms with Crippen LogP contribution in [-0.4, -0.2) is 71.9 Å². The molecule has 23 heavy (non-hydrogen) atoms. The molecule has 0 aromatic heterocycles. The summed E-state index contributed by atoms with van der Waals surface area (Å²) in [6, 6.07) is -0.713. The van der Waals surface area contributed by atoms with Gasteiger partial charge in [0.05, 0.1) is 25.9 Å². The van der Waals surface area contributed by atoms with Crippen LogP contribution in [0.4, 0.5) is 0 Å². The number of aliphatic hydroxyl groups excluding tert-OH is 3. The molecule has 138 valence electrons. The van der Waals surface area contributed by atoms with Gasteiger partial charge in [0, 0.05) is 0 Å². The number of rotatable bonds is 9. The Morgan fingerprint density at radius 2 is 1.65 bits per heavy atom. The van der Waals surface area contributed by atoms with Gasteiger partial charge in [-0.25, -0.2) is 0 Å². The first-order valence-electron chi connectivity index (χ1n) is 7.39. The van der Waals surface area contributed by atoms with Crippen LogP contribution < -0.4 is 11.5 Å².